The quantitative estimate of drug-likeness (QED) is 0.656. The van der Waals surface area contributed by atoms with Crippen LogP contribution in [0.4, 0.5) is 0 Å². The van der Waals surface area contributed by atoms with E-state index in [1.807, 2.05) is 13.0 Å². The van der Waals surface area contributed by atoms with Crippen molar-refractivity contribution in [1.82, 2.24) is 5.32 Å². The average Bonchev–Trinajstić information content (AvgIpc) is 2.60. The second-order valence-electron chi connectivity index (χ2n) is 3.04. The standard InChI is InChI=1S/C9H12N2O3S/c1-5-2-3-7(15-5)9(14)11-4-6(12)8(10)13/h2-3,6,12H,4H2,1H3,(H2,10,13)(H,11,14). The van der Waals surface area contributed by atoms with E-state index in [2.05, 4.69) is 5.32 Å². The van der Waals surface area contributed by atoms with Crippen LogP contribution in [0.25, 0.3) is 0 Å². The minimum atomic E-state index is -1.34. The van der Waals surface area contributed by atoms with Gasteiger partial charge in [0.15, 0.2) is 0 Å². The fourth-order valence-corrected chi connectivity index (χ4v) is 1.72. The zero-order valence-electron chi connectivity index (χ0n) is 8.19. The fraction of sp³-hybridized carbons (Fsp3) is 0.333. The Labute approximate surface area is 90.9 Å². The first kappa shape index (κ1) is 11.7. The molecule has 0 bridgehead atoms. The number of rotatable bonds is 4. The van der Waals surface area contributed by atoms with Gasteiger partial charge in [0.2, 0.25) is 5.91 Å². The summed E-state index contributed by atoms with van der Waals surface area (Å²) in [7, 11) is 0. The molecule has 0 aliphatic heterocycles. The summed E-state index contributed by atoms with van der Waals surface area (Å²) in [5.74, 6) is -1.16. The van der Waals surface area contributed by atoms with Crippen molar-refractivity contribution in [2.45, 2.75) is 13.0 Å². The fourth-order valence-electron chi connectivity index (χ4n) is 0.934. The zero-order valence-corrected chi connectivity index (χ0v) is 9.00. The van der Waals surface area contributed by atoms with Gasteiger partial charge < -0.3 is 16.2 Å². The Morgan fingerprint density at radius 1 is 1.60 bits per heavy atom. The number of aliphatic hydroxyl groups excluding tert-OH is 1. The first-order chi connectivity index (χ1) is 7.00. The molecule has 1 heterocycles. The first-order valence-electron chi connectivity index (χ1n) is 4.32. The van der Waals surface area contributed by atoms with Crippen LogP contribution in [0.2, 0.25) is 0 Å². The summed E-state index contributed by atoms with van der Waals surface area (Å²) in [6, 6.07) is 3.51. The van der Waals surface area contributed by atoms with Crippen LogP contribution < -0.4 is 11.1 Å². The molecule has 0 fully saturated rings. The van der Waals surface area contributed by atoms with Gasteiger partial charge >= 0.3 is 0 Å². The first-order valence-corrected chi connectivity index (χ1v) is 5.14. The van der Waals surface area contributed by atoms with Gasteiger partial charge in [0.25, 0.3) is 5.91 Å². The molecule has 1 aromatic rings. The van der Waals surface area contributed by atoms with E-state index < -0.39 is 12.0 Å². The number of aliphatic hydroxyl groups is 1. The highest BCUT2D eigenvalue weighted by atomic mass is 32.1. The van der Waals surface area contributed by atoms with Gasteiger partial charge in [-0.1, -0.05) is 0 Å². The summed E-state index contributed by atoms with van der Waals surface area (Å²) >= 11 is 1.35. The van der Waals surface area contributed by atoms with Gasteiger partial charge in [-0.3, -0.25) is 9.59 Å². The van der Waals surface area contributed by atoms with Crippen LogP contribution >= 0.6 is 11.3 Å². The molecular formula is C9H12N2O3S. The third-order valence-electron chi connectivity index (χ3n) is 1.75. The van der Waals surface area contributed by atoms with E-state index in [9.17, 15) is 9.59 Å². The van der Waals surface area contributed by atoms with E-state index in [0.29, 0.717) is 4.88 Å². The lowest BCUT2D eigenvalue weighted by Crippen LogP contribution is -2.39. The average molecular weight is 228 g/mol. The number of aryl methyl sites for hydroxylation is 1. The molecule has 0 aliphatic rings. The minimum absolute atomic E-state index is 0.162. The molecule has 0 saturated carbocycles. The highest BCUT2D eigenvalue weighted by Gasteiger charge is 2.13. The molecule has 1 aromatic heterocycles. The topological polar surface area (TPSA) is 92.4 Å². The van der Waals surface area contributed by atoms with Gasteiger partial charge in [0, 0.05) is 4.88 Å². The number of nitrogens with one attached hydrogen (secondary N) is 1. The normalized spacial score (nSPS) is 12.1. The van der Waals surface area contributed by atoms with Crippen molar-refractivity contribution >= 4 is 23.2 Å². The van der Waals surface area contributed by atoms with Crippen molar-refractivity contribution in [2.24, 2.45) is 5.73 Å². The van der Waals surface area contributed by atoms with E-state index in [-0.39, 0.29) is 12.5 Å². The second-order valence-corrected chi connectivity index (χ2v) is 4.33. The van der Waals surface area contributed by atoms with E-state index in [1.165, 1.54) is 11.3 Å². The van der Waals surface area contributed by atoms with Crippen molar-refractivity contribution in [2.75, 3.05) is 6.54 Å². The Kier molecular flexibility index (Phi) is 3.81. The van der Waals surface area contributed by atoms with Crippen LogP contribution in [0.15, 0.2) is 12.1 Å². The molecular weight excluding hydrogens is 216 g/mol. The predicted octanol–water partition coefficient (Wildman–Crippen LogP) is -0.367. The highest BCUT2D eigenvalue weighted by molar-refractivity contribution is 7.13. The van der Waals surface area contributed by atoms with Gasteiger partial charge in [0.1, 0.15) is 6.10 Å². The maximum atomic E-state index is 11.4. The Morgan fingerprint density at radius 3 is 2.73 bits per heavy atom. The third-order valence-corrected chi connectivity index (χ3v) is 2.75. The molecule has 1 unspecified atom stereocenters. The second kappa shape index (κ2) is 4.90. The Hall–Kier alpha value is -1.40. The molecule has 0 saturated heterocycles. The SMILES string of the molecule is Cc1ccc(C(=O)NCC(O)C(N)=O)s1. The molecule has 1 rings (SSSR count). The summed E-state index contributed by atoms with van der Waals surface area (Å²) in [6.45, 7) is 1.73. The summed E-state index contributed by atoms with van der Waals surface area (Å²) < 4.78 is 0. The van der Waals surface area contributed by atoms with Gasteiger partial charge in [-0.25, -0.2) is 0 Å². The summed E-state index contributed by atoms with van der Waals surface area (Å²) in [5, 5.41) is 11.5. The Bertz CT molecular complexity index is 375. The Balaban J connectivity index is 2.47. The van der Waals surface area contributed by atoms with E-state index in [1.54, 1.807) is 6.07 Å². The number of primary amides is 1. The van der Waals surface area contributed by atoms with E-state index in [4.69, 9.17) is 10.8 Å². The number of hydrogen-bond acceptors (Lipinski definition) is 4. The van der Waals surface area contributed by atoms with Crippen molar-refractivity contribution in [3.05, 3.63) is 21.9 Å². The molecule has 82 valence electrons. The number of hydrogen-bond donors (Lipinski definition) is 3. The summed E-state index contributed by atoms with van der Waals surface area (Å²) in [4.78, 5) is 23.5. The molecule has 5 nitrogen and oxygen atoms in total. The lowest BCUT2D eigenvalue weighted by molar-refractivity contribution is -0.125. The van der Waals surface area contributed by atoms with Gasteiger partial charge in [-0.05, 0) is 19.1 Å². The van der Waals surface area contributed by atoms with Crippen molar-refractivity contribution < 1.29 is 14.7 Å². The zero-order chi connectivity index (χ0) is 11.4. The molecule has 1 atom stereocenters. The lowest BCUT2D eigenvalue weighted by atomic mass is 10.3. The predicted molar refractivity (Wildman–Crippen MR) is 56.6 cm³/mol. The van der Waals surface area contributed by atoms with Crippen molar-refractivity contribution in [1.29, 1.82) is 0 Å². The molecule has 4 N–H and O–H groups in total. The van der Waals surface area contributed by atoms with Gasteiger partial charge in [0.05, 0.1) is 11.4 Å². The summed E-state index contributed by atoms with van der Waals surface area (Å²) in [5.41, 5.74) is 4.83. The number of carbonyl (C=O) groups excluding carboxylic acids is 2. The number of thiophene rings is 1. The molecule has 2 amide bonds. The molecule has 0 aromatic carbocycles. The van der Waals surface area contributed by atoms with E-state index in [0.717, 1.165) is 4.88 Å². The number of carbonyl (C=O) groups is 2. The molecule has 6 heteroatoms. The number of amides is 2. The maximum Gasteiger partial charge on any atom is 0.261 e. The molecule has 0 spiro atoms. The van der Waals surface area contributed by atoms with E-state index >= 15 is 0 Å². The summed E-state index contributed by atoms with van der Waals surface area (Å²) in [6.07, 6.45) is -1.34. The molecule has 0 aliphatic carbocycles. The van der Waals surface area contributed by atoms with Crippen molar-refractivity contribution in [3.63, 3.8) is 0 Å². The monoisotopic (exact) mass is 228 g/mol. The van der Waals surface area contributed by atoms with Gasteiger partial charge in [-0.2, -0.15) is 0 Å². The van der Waals surface area contributed by atoms with Crippen LogP contribution in [0.3, 0.4) is 0 Å². The number of nitrogens with two attached hydrogens (primary N) is 1. The Morgan fingerprint density at radius 2 is 2.27 bits per heavy atom. The minimum Gasteiger partial charge on any atom is -0.381 e. The maximum absolute atomic E-state index is 11.4. The van der Waals surface area contributed by atoms with Crippen LogP contribution in [0, 0.1) is 6.92 Å². The highest BCUT2D eigenvalue weighted by Crippen LogP contribution is 2.14. The smallest absolute Gasteiger partial charge is 0.261 e. The van der Waals surface area contributed by atoms with Crippen LogP contribution in [0.1, 0.15) is 14.5 Å². The van der Waals surface area contributed by atoms with Crippen LogP contribution in [0.5, 0.6) is 0 Å². The van der Waals surface area contributed by atoms with Crippen LogP contribution in [-0.2, 0) is 4.79 Å². The largest absolute Gasteiger partial charge is 0.381 e. The lowest BCUT2D eigenvalue weighted by Gasteiger charge is -2.06. The van der Waals surface area contributed by atoms with Crippen LogP contribution in [-0.4, -0.2) is 29.6 Å². The molecule has 15 heavy (non-hydrogen) atoms. The molecule has 0 radical (unpaired) electrons. The van der Waals surface area contributed by atoms with Crippen molar-refractivity contribution in [3.8, 4) is 0 Å². The van der Waals surface area contributed by atoms with Gasteiger partial charge in [-0.15, -0.1) is 11.3 Å². The third kappa shape index (κ3) is 3.34.